The highest BCUT2D eigenvalue weighted by atomic mass is 16.5. The largest absolute Gasteiger partial charge is 0.457 e. The Kier molecular flexibility index (Phi) is 4.07. The van der Waals surface area contributed by atoms with Crippen molar-refractivity contribution in [3.63, 3.8) is 0 Å². The van der Waals surface area contributed by atoms with Crippen LogP contribution in [-0.2, 0) is 9.59 Å². The van der Waals surface area contributed by atoms with Crippen LogP contribution in [0.1, 0.15) is 48.0 Å². The standard InChI is InChI=1S/C26H24N2O3/c1-15-14-21-23-22(19-8-5-9-20(19)24(21)27-15)25(29)28(26(23)30)16-10-12-18(13-11-16)31-17-6-3-2-4-7-17/h2-4,6-7,10-14,19-20,22-23,27H,5,8-9H2,1H3/t19?,20?,22-,23+/m0/s1. The molecule has 2 aromatic carbocycles. The van der Waals surface area contributed by atoms with E-state index in [4.69, 9.17) is 4.74 Å². The minimum absolute atomic E-state index is 0.0480. The van der Waals surface area contributed by atoms with Crippen LogP contribution in [0.3, 0.4) is 0 Å². The highest BCUT2D eigenvalue weighted by molar-refractivity contribution is 6.24. The van der Waals surface area contributed by atoms with Gasteiger partial charge in [0.15, 0.2) is 0 Å². The molecule has 2 heterocycles. The molecule has 2 amide bonds. The summed E-state index contributed by atoms with van der Waals surface area (Å²) in [7, 11) is 0. The van der Waals surface area contributed by atoms with Crippen molar-refractivity contribution >= 4 is 17.5 Å². The van der Waals surface area contributed by atoms with Gasteiger partial charge < -0.3 is 9.72 Å². The number of amides is 2. The van der Waals surface area contributed by atoms with Crippen molar-refractivity contribution in [1.29, 1.82) is 0 Å². The van der Waals surface area contributed by atoms with Gasteiger partial charge in [-0.15, -0.1) is 0 Å². The van der Waals surface area contributed by atoms with E-state index in [1.54, 1.807) is 12.1 Å². The summed E-state index contributed by atoms with van der Waals surface area (Å²) in [5.74, 6) is 1.27. The number of imide groups is 1. The third-order valence-corrected chi connectivity index (χ3v) is 7.18. The molecule has 5 heteroatoms. The summed E-state index contributed by atoms with van der Waals surface area (Å²) in [5, 5.41) is 0. The summed E-state index contributed by atoms with van der Waals surface area (Å²) >= 11 is 0. The molecule has 31 heavy (non-hydrogen) atoms. The minimum atomic E-state index is -0.368. The van der Waals surface area contributed by atoms with E-state index in [9.17, 15) is 9.59 Å². The number of aromatic nitrogens is 1. The number of aromatic amines is 1. The maximum absolute atomic E-state index is 13.5. The van der Waals surface area contributed by atoms with Crippen molar-refractivity contribution in [1.82, 2.24) is 4.98 Å². The zero-order valence-electron chi connectivity index (χ0n) is 17.4. The molecule has 2 fully saturated rings. The number of H-pyrrole nitrogens is 1. The first-order valence-electron chi connectivity index (χ1n) is 11.0. The van der Waals surface area contributed by atoms with Crippen LogP contribution in [-0.4, -0.2) is 16.8 Å². The second-order valence-electron chi connectivity index (χ2n) is 8.95. The van der Waals surface area contributed by atoms with Crippen LogP contribution in [0.25, 0.3) is 0 Å². The number of anilines is 1. The first-order valence-corrected chi connectivity index (χ1v) is 11.0. The number of rotatable bonds is 3. The van der Waals surface area contributed by atoms with E-state index in [0.29, 0.717) is 17.4 Å². The molecule has 2 unspecified atom stereocenters. The van der Waals surface area contributed by atoms with Gasteiger partial charge in [0.2, 0.25) is 11.8 Å². The van der Waals surface area contributed by atoms with Crippen molar-refractivity contribution < 1.29 is 14.3 Å². The zero-order valence-corrected chi connectivity index (χ0v) is 17.4. The van der Waals surface area contributed by atoms with Gasteiger partial charge >= 0.3 is 0 Å². The van der Waals surface area contributed by atoms with Crippen LogP contribution in [0.5, 0.6) is 11.5 Å². The van der Waals surface area contributed by atoms with Crippen LogP contribution in [0.15, 0.2) is 60.7 Å². The second-order valence-corrected chi connectivity index (χ2v) is 8.95. The van der Waals surface area contributed by atoms with Gasteiger partial charge in [-0.1, -0.05) is 24.6 Å². The third kappa shape index (κ3) is 2.76. The Morgan fingerprint density at radius 1 is 0.935 bits per heavy atom. The lowest BCUT2D eigenvalue weighted by Crippen LogP contribution is -2.33. The van der Waals surface area contributed by atoms with Crippen LogP contribution >= 0.6 is 0 Å². The van der Waals surface area contributed by atoms with Gasteiger partial charge in [-0.3, -0.25) is 9.59 Å². The summed E-state index contributed by atoms with van der Waals surface area (Å²) in [6.07, 6.45) is 3.22. The van der Waals surface area contributed by atoms with Crippen LogP contribution in [0, 0.1) is 18.8 Å². The fourth-order valence-corrected chi connectivity index (χ4v) is 5.96. The van der Waals surface area contributed by atoms with Gasteiger partial charge in [0.1, 0.15) is 11.5 Å². The summed E-state index contributed by atoms with van der Waals surface area (Å²) in [4.78, 5) is 32.0. The van der Waals surface area contributed by atoms with Gasteiger partial charge in [0.05, 0.1) is 17.5 Å². The number of carbonyl (C=O) groups excluding carboxylic acids is 2. The predicted octanol–water partition coefficient (Wildman–Crippen LogP) is 5.29. The van der Waals surface area contributed by atoms with Crippen molar-refractivity contribution in [2.45, 2.75) is 38.0 Å². The van der Waals surface area contributed by atoms with Crippen molar-refractivity contribution in [2.24, 2.45) is 11.8 Å². The molecule has 5 nitrogen and oxygen atoms in total. The summed E-state index contributed by atoms with van der Waals surface area (Å²) in [5.41, 5.74) is 3.91. The lowest BCUT2D eigenvalue weighted by molar-refractivity contribution is -0.123. The molecule has 3 aliphatic rings. The summed E-state index contributed by atoms with van der Waals surface area (Å²) < 4.78 is 5.86. The number of para-hydroxylation sites is 1. The quantitative estimate of drug-likeness (QED) is 0.595. The molecule has 1 saturated carbocycles. The Balaban J connectivity index is 1.33. The Hall–Kier alpha value is -3.34. The van der Waals surface area contributed by atoms with E-state index >= 15 is 0 Å². The van der Waals surface area contributed by atoms with Crippen LogP contribution < -0.4 is 9.64 Å². The monoisotopic (exact) mass is 412 g/mol. The fraction of sp³-hybridized carbons (Fsp3) is 0.308. The van der Waals surface area contributed by atoms with E-state index in [0.717, 1.165) is 36.3 Å². The molecule has 0 radical (unpaired) electrons. The van der Waals surface area contributed by atoms with Gasteiger partial charge in [-0.2, -0.15) is 0 Å². The minimum Gasteiger partial charge on any atom is -0.457 e. The molecule has 6 rings (SSSR count). The Labute approximate surface area is 181 Å². The molecule has 1 aliphatic heterocycles. The van der Waals surface area contributed by atoms with E-state index in [2.05, 4.69) is 11.1 Å². The summed E-state index contributed by atoms with van der Waals surface area (Å²) in [6.45, 7) is 2.03. The van der Waals surface area contributed by atoms with E-state index in [1.165, 1.54) is 10.6 Å². The topological polar surface area (TPSA) is 62.4 Å². The number of benzene rings is 2. The van der Waals surface area contributed by atoms with Crippen LogP contribution in [0.4, 0.5) is 5.69 Å². The first kappa shape index (κ1) is 18.4. The van der Waals surface area contributed by atoms with Gasteiger partial charge in [0.25, 0.3) is 0 Å². The number of ether oxygens (including phenoxy) is 1. The maximum Gasteiger partial charge on any atom is 0.242 e. The van der Waals surface area contributed by atoms with E-state index in [-0.39, 0.29) is 29.6 Å². The SMILES string of the molecule is Cc1cc2c([nH]1)C1CCCC1[C@@H]1C(=O)N(c3ccc(Oc4ccccc4)cc3)C(=O)[C@H]21. The van der Waals surface area contributed by atoms with Gasteiger partial charge in [-0.25, -0.2) is 4.90 Å². The molecule has 156 valence electrons. The fourth-order valence-electron chi connectivity index (χ4n) is 5.96. The van der Waals surface area contributed by atoms with Crippen molar-refractivity contribution in [3.05, 3.63) is 77.6 Å². The Morgan fingerprint density at radius 2 is 1.68 bits per heavy atom. The number of nitrogens with one attached hydrogen (secondary N) is 1. The number of hydrogen-bond donors (Lipinski definition) is 1. The van der Waals surface area contributed by atoms with E-state index < -0.39 is 0 Å². The molecule has 0 spiro atoms. The number of nitrogens with zero attached hydrogens (tertiary/aromatic N) is 1. The molecule has 1 aromatic heterocycles. The molecule has 1 N–H and O–H groups in total. The molecular weight excluding hydrogens is 388 g/mol. The number of fused-ring (bicyclic) bond motifs is 6. The van der Waals surface area contributed by atoms with Crippen molar-refractivity contribution in [3.8, 4) is 11.5 Å². The average molecular weight is 412 g/mol. The number of aryl methyl sites for hydroxylation is 1. The van der Waals surface area contributed by atoms with E-state index in [1.807, 2.05) is 49.4 Å². The highest BCUT2D eigenvalue weighted by Crippen LogP contribution is 2.57. The number of carbonyl (C=O) groups is 2. The first-order chi connectivity index (χ1) is 15.1. The van der Waals surface area contributed by atoms with Gasteiger partial charge in [0, 0.05) is 17.3 Å². The average Bonchev–Trinajstić information content (AvgIpc) is 3.46. The molecule has 4 atom stereocenters. The molecule has 3 aromatic rings. The third-order valence-electron chi connectivity index (χ3n) is 7.18. The predicted molar refractivity (Wildman–Crippen MR) is 117 cm³/mol. The molecule has 0 bridgehead atoms. The van der Waals surface area contributed by atoms with Gasteiger partial charge in [-0.05, 0) is 73.7 Å². The van der Waals surface area contributed by atoms with Crippen molar-refractivity contribution in [2.75, 3.05) is 4.90 Å². The maximum atomic E-state index is 13.5. The molecular formula is C26H24N2O3. The smallest absolute Gasteiger partial charge is 0.242 e. The lowest BCUT2D eigenvalue weighted by Gasteiger charge is -2.33. The lowest BCUT2D eigenvalue weighted by atomic mass is 9.68. The molecule has 1 saturated heterocycles. The number of hydrogen-bond acceptors (Lipinski definition) is 3. The van der Waals surface area contributed by atoms with Crippen LogP contribution in [0.2, 0.25) is 0 Å². The normalized spacial score (nSPS) is 26.5. The second kappa shape index (κ2) is 6.84. The Morgan fingerprint density at radius 3 is 2.45 bits per heavy atom. The Bertz CT molecular complexity index is 1170. The molecule has 2 aliphatic carbocycles. The summed E-state index contributed by atoms with van der Waals surface area (Å²) in [6, 6.07) is 18.9. The highest BCUT2D eigenvalue weighted by Gasteiger charge is 2.58. The zero-order chi connectivity index (χ0) is 21.1.